The Labute approximate surface area is 350 Å². The van der Waals surface area contributed by atoms with Crippen LogP contribution in [0.25, 0.3) is 11.3 Å². The average molecular weight is 825 g/mol. The molecule has 2 unspecified atom stereocenters. The van der Waals surface area contributed by atoms with Crippen LogP contribution < -0.4 is 0 Å². The number of aliphatic hydroxyl groups excluding tert-OH is 1. The van der Waals surface area contributed by atoms with Gasteiger partial charge in [0.2, 0.25) is 0 Å². The van der Waals surface area contributed by atoms with E-state index < -0.39 is 83.4 Å². The Hall–Kier alpha value is -3.72. The number of imidazole rings is 1. The Bertz CT molecular complexity index is 1750. The summed E-state index contributed by atoms with van der Waals surface area (Å²) in [6.07, 6.45) is 5.43. The van der Waals surface area contributed by atoms with Gasteiger partial charge in [-0.25, -0.2) is 9.78 Å². The Morgan fingerprint density at radius 2 is 1.73 bits per heavy atom. The van der Waals surface area contributed by atoms with Gasteiger partial charge in [0.1, 0.15) is 23.9 Å². The molecule has 5 heterocycles. The third kappa shape index (κ3) is 9.92. The van der Waals surface area contributed by atoms with Crippen LogP contribution in [-0.4, -0.2) is 110 Å². The first-order valence-electron chi connectivity index (χ1n) is 21.6. The van der Waals surface area contributed by atoms with E-state index in [4.69, 9.17) is 23.7 Å². The highest BCUT2D eigenvalue weighted by molar-refractivity contribution is 6.00. The number of aliphatic hydroxyl groups is 1. The fraction of sp³-hybridized carbons (Fsp3) is 0.733. The fourth-order valence-corrected chi connectivity index (χ4v) is 9.76. The smallest absolute Gasteiger partial charge is 0.410 e. The van der Waals surface area contributed by atoms with Crippen LogP contribution in [0.1, 0.15) is 108 Å². The lowest BCUT2D eigenvalue weighted by Gasteiger charge is -2.47. The molecule has 0 bridgehead atoms. The minimum absolute atomic E-state index is 0.113. The number of cyclic esters (lactones) is 1. The summed E-state index contributed by atoms with van der Waals surface area (Å²) in [5.41, 5.74) is -0.915. The molecule has 0 aromatic carbocycles. The van der Waals surface area contributed by atoms with Gasteiger partial charge in [0.25, 0.3) is 0 Å². The predicted molar refractivity (Wildman–Crippen MR) is 220 cm³/mol. The normalized spacial score (nSPS) is 36.3. The van der Waals surface area contributed by atoms with E-state index in [1.165, 1.54) is 14.0 Å². The molecule has 2 aromatic heterocycles. The minimum Gasteiger partial charge on any atom is -0.457 e. The monoisotopic (exact) mass is 824 g/mol. The van der Waals surface area contributed by atoms with Gasteiger partial charge in [-0.2, -0.15) is 0 Å². The highest BCUT2D eigenvalue weighted by Crippen LogP contribution is 2.44. The highest BCUT2D eigenvalue weighted by Gasteiger charge is 2.60. The molecule has 14 heteroatoms. The number of amides is 1. The van der Waals surface area contributed by atoms with E-state index in [-0.39, 0.29) is 30.1 Å². The number of aromatic nitrogens is 3. The van der Waals surface area contributed by atoms with Crippen molar-refractivity contribution < 1.29 is 48.0 Å². The van der Waals surface area contributed by atoms with Gasteiger partial charge >= 0.3 is 12.1 Å². The molecule has 3 fully saturated rings. The third-order valence-corrected chi connectivity index (χ3v) is 13.3. The summed E-state index contributed by atoms with van der Waals surface area (Å²) in [6.45, 7) is 19.3. The van der Waals surface area contributed by atoms with Gasteiger partial charge in [0.15, 0.2) is 17.7 Å². The number of rotatable bonds is 12. The van der Waals surface area contributed by atoms with Crippen molar-refractivity contribution in [3.63, 3.8) is 0 Å². The van der Waals surface area contributed by atoms with Gasteiger partial charge in [0.05, 0.1) is 35.9 Å². The maximum absolute atomic E-state index is 14.8. The first kappa shape index (κ1) is 46.3. The second kappa shape index (κ2) is 19.3. The van der Waals surface area contributed by atoms with Crippen LogP contribution in [0.2, 0.25) is 0 Å². The number of esters is 1. The Balaban J connectivity index is 1.45. The number of nitrogens with zero attached hydrogens (tertiary/aromatic N) is 4. The summed E-state index contributed by atoms with van der Waals surface area (Å²) in [5.74, 6) is -4.84. The molecule has 3 saturated heterocycles. The summed E-state index contributed by atoms with van der Waals surface area (Å²) < 4.78 is 33.5. The zero-order chi connectivity index (χ0) is 43.4. The topological polar surface area (TPSA) is 169 Å². The summed E-state index contributed by atoms with van der Waals surface area (Å²) >= 11 is 0. The Morgan fingerprint density at radius 1 is 1.02 bits per heavy atom. The van der Waals surface area contributed by atoms with Crippen LogP contribution in [0.5, 0.6) is 0 Å². The number of Topliss-reactive ketones (excluding diaryl/α,β-unsaturated/α-hetero) is 2. The molecule has 59 heavy (non-hydrogen) atoms. The Kier molecular flexibility index (Phi) is 15.2. The van der Waals surface area contributed by atoms with Crippen LogP contribution in [0.4, 0.5) is 4.79 Å². The number of methoxy groups -OCH3 is 1. The summed E-state index contributed by atoms with van der Waals surface area (Å²) in [6, 6.07) is 3.04. The lowest BCUT2D eigenvalue weighted by molar-refractivity contribution is -0.299. The second-order valence-corrected chi connectivity index (χ2v) is 18.1. The van der Waals surface area contributed by atoms with Crippen molar-refractivity contribution in [2.24, 2.45) is 35.5 Å². The second-order valence-electron chi connectivity index (χ2n) is 18.1. The largest absolute Gasteiger partial charge is 0.457 e. The zero-order valence-electron chi connectivity index (χ0n) is 37.0. The summed E-state index contributed by atoms with van der Waals surface area (Å²) in [5, 5.41) is 11.5. The van der Waals surface area contributed by atoms with Crippen molar-refractivity contribution >= 4 is 23.6 Å². The lowest BCUT2D eigenvalue weighted by atomic mass is 9.73. The number of ketones is 2. The summed E-state index contributed by atoms with van der Waals surface area (Å²) in [7, 11) is 1.51. The molecule has 13 atom stereocenters. The predicted octanol–water partition coefficient (Wildman–Crippen LogP) is 6.66. The number of unbranched alkanes of at least 4 members (excludes halogenated alkanes) is 1. The molecule has 5 rings (SSSR count). The lowest BCUT2D eigenvalue weighted by Crippen LogP contribution is -2.59. The van der Waals surface area contributed by atoms with Crippen LogP contribution in [-0.2, 0) is 44.6 Å². The molecule has 2 aromatic rings. The molecule has 0 saturated carbocycles. The fourth-order valence-electron chi connectivity index (χ4n) is 9.76. The van der Waals surface area contributed by atoms with Crippen molar-refractivity contribution in [2.45, 2.75) is 162 Å². The van der Waals surface area contributed by atoms with E-state index in [1.807, 2.05) is 64.4 Å². The average Bonchev–Trinajstić information content (AvgIpc) is 3.79. The van der Waals surface area contributed by atoms with E-state index >= 15 is 0 Å². The number of carbonyl (C=O) groups is 4. The first-order chi connectivity index (χ1) is 27.9. The van der Waals surface area contributed by atoms with Crippen molar-refractivity contribution in [1.29, 1.82) is 0 Å². The van der Waals surface area contributed by atoms with Crippen molar-refractivity contribution in [3.8, 4) is 11.3 Å². The molecule has 1 N–H and O–H groups in total. The van der Waals surface area contributed by atoms with E-state index in [9.17, 15) is 24.3 Å². The molecule has 14 nitrogen and oxygen atoms in total. The molecule has 0 radical (unpaired) electrons. The van der Waals surface area contributed by atoms with Crippen LogP contribution >= 0.6 is 0 Å². The number of carbonyl (C=O) groups excluding carboxylic acids is 4. The van der Waals surface area contributed by atoms with Gasteiger partial charge in [-0.1, -0.05) is 48.0 Å². The van der Waals surface area contributed by atoms with Crippen LogP contribution in [0.3, 0.4) is 0 Å². The SMILES string of the molecule is CCCC1OC(=O)[C@H](C)C(=O)[C@H](C)C(O[C@@H]2O[C@H](C)C[C@H](C(C)C)[C@H]2O)[C@](C)(OC)C[C@@H](C)C(=O)[C@@H](C)[C@@H]2N(CCCCn3cnc(-c4cccnc4)c3)C(=O)O[C@]12C. The number of hydrogen-bond donors (Lipinski definition) is 1. The van der Waals surface area contributed by atoms with Crippen LogP contribution in [0, 0.1) is 35.5 Å². The number of fused-ring (bicyclic) bond motifs is 1. The van der Waals surface area contributed by atoms with E-state index in [0.29, 0.717) is 45.2 Å². The molecule has 1 amide bonds. The standard InChI is InChI=1S/C45H68N4O10/c1-12-16-35-45(10)39(49(43(54)59-45)20-14-13-19-48-24-34(47-25-48)32-17-15-18-46-23-32)29(6)36(50)27(4)22-44(9,55-11)40(30(7)37(51)31(8)41(53)57-35)58-42-38(52)33(26(2)3)21-28(5)56-42/h15,17-18,23-31,33,35,38-40,42,52H,12-14,16,19-22H2,1-11H3/t27-,28-,29-,30+,31-,33-,35?,38-,39+,40?,42+,44-,45-/m1/s1. The molecular formula is C45H68N4O10. The maximum atomic E-state index is 14.8. The van der Waals surface area contributed by atoms with Gasteiger partial charge in [-0.05, 0) is 83.8 Å². The van der Waals surface area contributed by atoms with Crippen LogP contribution in [0.15, 0.2) is 37.1 Å². The van der Waals surface area contributed by atoms with Crippen molar-refractivity contribution in [1.82, 2.24) is 19.4 Å². The maximum Gasteiger partial charge on any atom is 0.410 e. The molecule has 0 aliphatic carbocycles. The number of pyridine rings is 1. The first-order valence-corrected chi connectivity index (χ1v) is 21.6. The third-order valence-electron chi connectivity index (χ3n) is 13.3. The van der Waals surface area contributed by atoms with E-state index in [1.54, 1.807) is 44.4 Å². The van der Waals surface area contributed by atoms with Gasteiger partial charge in [-0.3, -0.25) is 19.4 Å². The summed E-state index contributed by atoms with van der Waals surface area (Å²) in [4.78, 5) is 67.5. The van der Waals surface area contributed by atoms with Crippen molar-refractivity contribution in [3.05, 3.63) is 37.1 Å². The number of hydrogen-bond acceptors (Lipinski definition) is 12. The van der Waals surface area contributed by atoms with Gasteiger partial charge in [0, 0.05) is 62.1 Å². The molecule has 3 aliphatic heterocycles. The number of ether oxygens (including phenoxy) is 5. The minimum atomic E-state index is -1.40. The highest BCUT2D eigenvalue weighted by atomic mass is 16.7. The van der Waals surface area contributed by atoms with Crippen molar-refractivity contribution in [2.75, 3.05) is 13.7 Å². The zero-order valence-corrected chi connectivity index (χ0v) is 37.0. The van der Waals surface area contributed by atoms with E-state index in [2.05, 4.69) is 9.97 Å². The Morgan fingerprint density at radius 3 is 2.37 bits per heavy atom. The number of aryl methyl sites for hydroxylation is 1. The van der Waals surface area contributed by atoms with E-state index in [0.717, 1.165) is 11.3 Å². The molecule has 0 spiro atoms. The molecule has 328 valence electrons. The quantitative estimate of drug-likeness (QED) is 0.138. The van der Waals surface area contributed by atoms with Gasteiger partial charge in [-0.15, -0.1) is 0 Å². The van der Waals surface area contributed by atoms with Gasteiger partial charge < -0.3 is 38.3 Å². The molecule has 3 aliphatic rings. The molecular weight excluding hydrogens is 757 g/mol.